The summed E-state index contributed by atoms with van der Waals surface area (Å²) in [6.45, 7) is 4.21. The molecule has 0 saturated heterocycles. The van der Waals surface area contributed by atoms with Gasteiger partial charge in [0.25, 0.3) is 0 Å². The summed E-state index contributed by atoms with van der Waals surface area (Å²) in [7, 11) is 0. The second kappa shape index (κ2) is 6.71. The Hall–Kier alpha value is -1.88. The van der Waals surface area contributed by atoms with Crippen LogP contribution in [0.3, 0.4) is 0 Å². The highest BCUT2D eigenvalue weighted by Gasteiger charge is 2.26. The first-order chi connectivity index (χ1) is 11.0. The van der Waals surface area contributed by atoms with E-state index in [2.05, 4.69) is 34.4 Å². The molecule has 0 aliphatic heterocycles. The van der Waals surface area contributed by atoms with E-state index in [1.165, 1.54) is 12.1 Å². The van der Waals surface area contributed by atoms with Crippen LogP contribution < -0.4 is 10.6 Å². The Morgan fingerprint density at radius 1 is 1.30 bits per heavy atom. The number of benzene rings is 1. The molecule has 3 rings (SSSR count). The number of aromatic nitrogens is 2. The third-order valence-electron chi connectivity index (χ3n) is 3.92. The molecule has 6 heteroatoms. The quantitative estimate of drug-likeness (QED) is 0.771. The van der Waals surface area contributed by atoms with Gasteiger partial charge in [-0.2, -0.15) is 4.98 Å². The minimum absolute atomic E-state index is 0.298. The maximum Gasteiger partial charge on any atom is 0.225 e. The van der Waals surface area contributed by atoms with Crippen molar-refractivity contribution in [3.63, 3.8) is 0 Å². The molecule has 23 heavy (non-hydrogen) atoms. The number of halogens is 2. The Balaban J connectivity index is 1.87. The van der Waals surface area contributed by atoms with Crippen LogP contribution in [0, 0.1) is 5.82 Å². The lowest BCUT2D eigenvalue weighted by atomic mass is 10.2. The molecular weight excluding hydrogens is 315 g/mol. The molecule has 2 N–H and O–H groups in total. The van der Waals surface area contributed by atoms with E-state index in [1.54, 1.807) is 6.07 Å². The van der Waals surface area contributed by atoms with E-state index in [9.17, 15) is 4.39 Å². The number of nitrogens with zero attached hydrogens (tertiary/aromatic N) is 2. The Morgan fingerprint density at radius 2 is 2.09 bits per heavy atom. The topological polar surface area (TPSA) is 49.8 Å². The highest BCUT2D eigenvalue weighted by molar-refractivity contribution is 6.33. The fraction of sp³-hybridized carbons (Fsp3) is 0.412. The van der Waals surface area contributed by atoms with Crippen LogP contribution in [-0.4, -0.2) is 16.0 Å². The van der Waals surface area contributed by atoms with Gasteiger partial charge in [0, 0.05) is 18.0 Å². The minimum atomic E-state index is -0.360. The summed E-state index contributed by atoms with van der Waals surface area (Å²) in [6.07, 6.45) is 3.32. The van der Waals surface area contributed by atoms with Crippen molar-refractivity contribution in [3.8, 4) is 0 Å². The number of anilines is 3. The van der Waals surface area contributed by atoms with Crippen LogP contribution >= 0.6 is 11.6 Å². The second-order valence-electron chi connectivity index (χ2n) is 5.98. The van der Waals surface area contributed by atoms with Gasteiger partial charge in [-0.25, -0.2) is 9.37 Å². The molecule has 1 saturated carbocycles. The zero-order valence-corrected chi connectivity index (χ0v) is 14.0. The lowest BCUT2D eigenvalue weighted by Crippen LogP contribution is -2.16. The monoisotopic (exact) mass is 334 g/mol. The summed E-state index contributed by atoms with van der Waals surface area (Å²) in [5.41, 5.74) is 1.66. The Morgan fingerprint density at radius 3 is 2.74 bits per heavy atom. The first-order valence-corrected chi connectivity index (χ1v) is 8.30. The zero-order chi connectivity index (χ0) is 16.4. The van der Waals surface area contributed by atoms with E-state index >= 15 is 0 Å². The molecule has 0 unspecified atom stereocenters. The summed E-state index contributed by atoms with van der Waals surface area (Å²) in [4.78, 5) is 9.11. The van der Waals surface area contributed by atoms with Gasteiger partial charge in [0.1, 0.15) is 11.6 Å². The first kappa shape index (κ1) is 16.0. The van der Waals surface area contributed by atoms with Crippen molar-refractivity contribution in [1.82, 2.24) is 9.97 Å². The lowest BCUT2D eigenvalue weighted by molar-refractivity contribution is 0.628. The maximum absolute atomic E-state index is 13.2. The van der Waals surface area contributed by atoms with Crippen molar-refractivity contribution in [2.24, 2.45) is 0 Å². The van der Waals surface area contributed by atoms with E-state index in [0.29, 0.717) is 34.4 Å². The molecule has 1 aliphatic carbocycles. The zero-order valence-electron chi connectivity index (χ0n) is 13.2. The van der Waals surface area contributed by atoms with Gasteiger partial charge in [0.05, 0.1) is 16.4 Å². The van der Waals surface area contributed by atoms with Crippen LogP contribution in [0.2, 0.25) is 5.02 Å². The standard InChI is InChI=1S/C17H20ClFN4/c1-3-10(2)20-17-22-15(11-4-5-11)9-16(23-17)21-14-7-6-12(19)8-13(14)18/h6-11H,3-5H2,1-2H3,(H2,20,21,22,23)/t10-/m1/s1. The van der Waals surface area contributed by atoms with Gasteiger partial charge in [-0.15, -0.1) is 0 Å². The van der Waals surface area contributed by atoms with Crippen LogP contribution in [0.4, 0.5) is 21.8 Å². The molecular formula is C17H20ClFN4. The molecule has 2 aromatic rings. The summed E-state index contributed by atoms with van der Waals surface area (Å²) < 4.78 is 13.2. The van der Waals surface area contributed by atoms with Gasteiger partial charge in [0.15, 0.2) is 0 Å². The van der Waals surface area contributed by atoms with Crippen LogP contribution in [0.25, 0.3) is 0 Å². The Bertz CT molecular complexity index is 703. The van der Waals surface area contributed by atoms with E-state index in [-0.39, 0.29) is 5.82 Å². The van der Waals surface area contributed by atoms with Crippen molar-refractivity contribution in [2.45, 2.75) is 45.1 Å². The van der Waals surface area contributed by atoms with Crippen molar-refractivity contribution in [1.29, 1.82) is 0 Å². The molecule has 1 aliphatic rings. The van der Waals surface area contributed by atoms with Crippen molar-refractivity contribution in [3.05, 3.63) is 40.8 Å². The summed E-state index contributed by atoms with van der Waals surface area (Å²) in [6, 6.07) is 6.50. The highest BCUT2D eigenvalue weighted by Crippen LogP contribution is 2.40. The number of rotatable bonds is 6. The smallest absolute Gasteiger partial charge is 0.225 e. The average molecular weight is 335 g/mol. The summed E-state index contributed by atoms with van der Waals surface area (Å²) in [5, 5.41) is 6.80. The number of hydrogen-bond donors (Lipinski definition) is 2. The molecule has 1 heterocycles. The van der Waals surface area contributed by atoms with Gasteiger partial charge in [-0.3, -0.25) is 0 Å². The molecule has 0 radical (unpaired) electrons. The third-order valence-corrected chi connectivity index (χ3v) is 4.24. The van der Waals surface area contributed by atoms with Gasteiger partial charge in [-0.1, -0.05) is 18.5 Å². The number of hydrogen-bond acceptors (Lipinski definition) is 4. The Labute approximate surface area is 140 Å². The first-order valence-electron chi connectivity index (χ1n) is 7.92. The molecule has 0 amide bonds. The van der Waals surface area contributed by atoms with Crippen molar-refractivity contribution in [2.75, 3.05) is 10.6 Å². The van der Waals surface area contributed by atoms with Gasteiger partial charge < -0.3 is 10.6 Å². The molecule has 4 nitrogen and oxygen atoms in total. The van der Waals surface area contributed by atoms with E-state index in [4.69, 9.17) is 11.6 Å². The van der Waals surface area contributed by atoms with Crippen molar-refractivity contribution < 1.29 is 4.39 Å². The fourth-order valence-corrected chi connectivity index (χ4v) is 2.45. The maximum atomic E-state index is 13.2. The predicted molar refractivity (Wildman–Crippen MR) is 92.1 cm³/mol. The lowest BCUT2D eigenvalue weighted by Gasteiger charge is -2.15. The van der Waals surface area contributed by atoms with E-state index < -0.39 is 0 Å². The van der Waals surface area contributed by atoms with Crippen LogP contribution in [0.15, 0.2) is 24.3 Å². The van der Waals surface area contributed by atoms with E-state index in [1.807, 2.05) is 6.07 Å². The van der Waals surface area contributed by atoms with Crippen molar-refractivity contribution >= 4 is 29.1 Å². The van der Waals surface area contributed by atoms with Gasteiger partial charge >= 0.3 is 0 Å². The molecule has 0 spiro atoms. The Kier molecular flexibility index (Phi) is 4.66. The molecule has 1 aromatic carbocycles. The fourth-order valence-electron chi connectivity index (χ4n) is 2.23. The van der Waals surface area contributed by atoms with Gasteiger partial charge in [-0.05, 0) is 44.4 Å². The number of nitrogens with one attached hydrogen (secondary N) is 2. The minimum Gasteiger partial charge on any atom is -0.352 e. The van der Waals surface area contributed by atoms with Crippen LogP contribution in [0.1, 0.15) is 44.7 Å². The summed E-state index contributed by atoms with van der Waals surface area (Å²) in [5.74, 6) is 1.44. The molecule has 0 bridgehead atoms. The van der Waals surface area contributed by atoms with Crippen LogP contribution in [0.5, 0.6) is 0 Å². The largest absolute Gasteiger partial charge is 0.352 e. The van der Waals surface area contributed by atoms with E-state index in [0.717, 1.165) is 25.0 Å². The van der Waals surface area contributed by atoms with Crippen LogP contribution in [-0.2, 0) is 0 Å². The SMILES string of the molecule is CC[C@@H](C)Nc1nc(Nc2ccc(F)cc2Cl)cc(C2CC2)n1. The molecule has 1 fully saturated rings. The normalized spacial score (nSPS) is 15.3. The summed E-state index contributed by atoms with van der Waals surface area (Å²) >= 11 is 6.08. The third kappa shape index (κ3) is 4.10. The van der Waals surface area contributed by atoms with Gasteiger partial charge in [0.2, 0.25) is 5.95 Å². The molecule has 1 aromatic heterocycles. The molecule has 1 atom stereocenters. The highest BCUT2D eigenvalue weighted by atomic mass is 35.5. The average Bonchev–Trinajstić information content (AvgIpc) is 3.34. The predicted octanol–water partition coefficient (Wildman–Crippen LogP) is 5.10. The molecule has 122 valence electrons. The second-order valence-corrected chi connectivity index (χ2v) is 6.39.